The van der Waals surface area contributed by atoms with E-state index in [0.29, 0.717) is 11.5 Å². The summed E-state index contributed by atoms with van der Waals surface area (Å²) in [6.07, 6.45) is 0. The summed E-state index contributed by atoms with van der Waals surface area (Å²) in [6.45, 7) is 3.83. The molecule has 4 nitrogen and oxygen atoms in total. The average Bonchev–Trinajstić information content (AvgIpc) is 2.62. The van der Waals surface area contributed by atoms with Gasteiger partial charge in [0.05, 0.1) is 11.1 Å². The highest BCUT2D eigenvalue weighted by atomic mass is 16.5. The van der Waals surface area contributed by atoms with Gasteiger partial charge in [0.25, 0.3) is 0 Å². The summed E-state index contributed by atoms with van der Waals surface area (Å²) in [7, 11) is 0. The van der Waals surface area contributed by atoms with E-state index in [2.05, 4.69) is 0 Å². The van der Waals surface area contributed by atoms with Gasteiger partial charge in [-0.25, -0.2) is 9.59 Å². The number of aryl methyl sites for hydroxylation is 2. The fourth-order valence-corrected chi connectivity index (χ4v) is 2.46. The first kappa shape index (κ1) is 17.4. The molecule has 0 aliphatic rings. The van der Waals surface area contributed by atoms with Crippen LogP contribution >= 0.6 is 0 Å². The molecule has 0 unspecified atom stereocenters. The molecule has 0 aromatic heterocycles. The molecular weight excluding hydrogens is 328 g/mol. The zero-order chi connectivity index (χ0) is 18.5. The molecule has 0 fully saturated rings. The van der Waals surface area contributed by atoms with E-state index in [1.54, 1.807) is 42.5 Å². The molecule has 3 rings (SSSR count). The summed E-state index contributed by atoms with van der Waals surface area (Å²) in [5, 5.41) is 0. The third-order valence-corrected chi connectivity index (χ3v) is 3.73. The summed E-state index contributed by atoms with van der Waals surface area (Å²) in [6, 6.07) is 20.7. The van der Waals surface area contributed by atoms with Crippen molar-refractivity contribution in [3.05, 3.63) is 95.1 Å². The standard InChI is InChI=1S/C22H18O4/c1-15-6-3-10-19(12-15)25-21(23)17-8-5-9-18(14-17)22(24)26-20-11-4-7-16(2)13-20/h3-14H,1-2H3. The minimum absolute atomic E-state index is 0.283. The van der Waals surface area contributed by atoms with E-state index in [1.165, 1.54) is 6.07 Å². The van der Waals surface area contributed by atoms with Crippen LogP contribution in [-0.2, 0) is 0 Å². The first-order valence-electron chi connectivity index (χ1n) is 8.19. The molecule has 0 heterocycles. The smallest absolute Gasteiger partial charge is 0.343 e. The van der Waals surface area contributed by atoms with Crippen molar-refractivity contribution in [1.82, 2.24) is 0 Å². The predicted molar refractivity (Wildman–Crippen MR) is 98.7 cm³/mol. The maximum absolute atomic E-state index is 12.3. The van der Waals surface area contributed by atoms with Crippen molar-refractivity contribution in [2.45, 2.75) is 13.8 Å². The number of ether oxygens (including phenoxy) is 2. The fraction of sp³-hybridized carbons (Fsp3) is 0.0909. The van der Waals surface area contributed by atoms with Crippen molar-refractivity contribution in [3.63, 3.8) is 0 Å². The maximum atomic E-state index is 12.3. The molecule has 0 spiro atoms. The highest BCUT2D eigenvalue weighted by Crippen LogP contribution is 2.17. The Morgan fingerprint density at radius 3 is 1.46 bits per heavy atom. The van der Waals surface area contributed by atoms with E-state index in [9.17, 15) is 9.59 Å². The topological polar surface area (TPSA) is 52.6 Å². The third-order valence-electron chi connectivity index (χ3n) is 3.73. The molecule has 0 aliphatic carbocycles. The highest BCUT2D eigenvalue weighted by molar-refractivity contribution is 5.96. The van der Waals surface area contributed by atoms with Crippen molar-refractivity contribution in [2.24, 2.45) is 0 Å². The third kappa shape index (κ3) is 4.36. The summed E-state index contributed by atoms with van der Waals surface area (Å²) in [5.74, 6) is -0.132. The van der Waals surface area contributed by atoms with E-state index in [-0.39, 0.29) is 11.1 Å². The quantitative estimate of drug-likeness (QED) is 0.506. The second-order valence-corrected chi connectivity index (χ2v) is 5.99. The Morgan fingerprint density at radius 2 is 1.04 bits per heavy atom. The van der Waals surface area contributed by atoms with Gasteiger partial charge in [0.15, 0.2) is 0 Å². The zero-order valence-corrected chi connectivity index (χ0v) is 14.6. The Kier molecular flexibility index (Phi) is 5.13. The summed E-state index contributed by atoms with van der Waals surface area (Å²) >= 11 is 0. The van der Waals surface area contributed by atoms with Crippen LogP contribution < -0.4 is 9.47 Å². The Hall–Kier alpha value is -3.40. The summed E-state index contributed by atoms with van der Waals surface area (Å²) in [5.41, 5.74) is 2.55. The van der Waals surface area contributed by atoms with Crippen molar-refractivity contribution >= 4 is 11.9 Å². The second-order valence-electron chi connectivity index (χ2n) is 5.99. The fourth-order valence-electron chi connectivity index (χ4n) is 2.46. The summed E-state index contributed by atoms with van der Waals surface area (Å²) < 4.78 is 10.7. The van der Waals surface area contributed by atoms with Gasteiger partial charge in [0, 0.05) is 0 Å². The molecule has 0 saturated heterocycles. The van der Waals surface area contributed by atoms with Gasteiger partial charge >= 0.3 is 11.9 Å². The summed E-state index contributed by atoms with van der Waals surface area (Å²) in [4.78, 5) is 24.7. The number of carbonyl (C=O) groups excluding carboxylic acids is 2. The Bertz CT molecular complexity index is 885. The van der Waals surface area contributed by atoms with Crippen LogP contribution in [0, 0.1) is 13.8 Å². The van der Waals surface area contributed by atoms with Gasteiger partial charge in [-0.1, -0.05) is 30.3 Å². The zero-order valence-electron chi connectivity index (χ0n) is 14.6. The molecule has 0 radical (unpaired) electrons. The predicted octanol–water partition coefficient (Wildman–Crippen LogP) is 4.74. The number of benzene rings is 3. The molecular formula is C22H18O4. The van der Waals surface area contributed by atoms with E-state index < -0.39 is 11.9 Å². The van der Waals surface area contributed by atoms with Crippen LogP contribution in [0.4, 0.5) is 0 Å². The minimum Gasteiger partial charge on any atom is -0.423 e. The van der Waals surface area contributed by atoms with Gasteiger partial charge in [0.2, 0.25) is 0 Å². The molecule has 26 heavy (non-hydrogen) atoms. The van der Waals surface area contributed by atoms with Gasteiger partial charge < -0.3 is 9.47 Å². The van der Waals surface area contributed by atoms with Gasteiger partial charge in [-0.15, -0.1) is 0 Å². The van der Waals surface area contributed by atoms with Crippen LogP contribution in [0.5, 0.6) is 11.5 Å². The van der Waals surface area contributed by atoms with Crippen LogP contribution in [0.2, 0.25) is 0 Å². The molecule has 0 saturated carbocycles. The van der Waals surface area contributed by atoms with E-state index in [4.69, 9.17) is 9.47 Å². The molecule has 0 N–H and O–H groups in total. The van der Waals surface area contributed by atoms with Crippen molar-refractivity contribution in [1.29, 1.82) is 0 Å². The van der Waals surface area contributed by atoms with E-state index in [0.717, 1.165) is 11.1 Å². The minimum atomic E-state index is -0.527. The first-order valence-corrected chi connectivity index (χ1v) is 8.19. The number of hydrogen-bond acceptors (Lipinski definition) is 4. The molecule has 130 valence electrons. The maximum Gasteiger partial charge on any atom is 0.343 e. The normalized spacial score (nSPS) is 10.2. The molecule has 0 aliphatic heterocycles. The lowest BCUT2D eigenvalue weighted by Gasteiger charge is -2.08. The van der Waals surface area contributed by atoms with Crippen molar-refractivity contribution in [3.8, 4) is 11.5 Å². The van der Waals surface area contributed by atoms with E-state index in [1.807, 2.05) is 38.1 Å². The lowest BCUT2D eigenvalue weighted by Crippen LogP contribution is -2.12. The molecule has 0 atom stereocenters. The van der Waals surface area contributed by atoms with E-state index >= 15 is 0 Å². The second kappa shape index (κ2) is 7.66. The lowest BCUT2D eigenvalue weighted by atomic mass is 10.1. The van der Waals surface area contributed by atoms with Crippen molar-refractivity contribution in [2.75, 3.05) is 0 Å². The molecule has 4 heteroatoms. The van der Waals surface area contributed by atoms with Crippen LogP contribution in [-0.4, -0.2) is 11.9 Å². The van der Waals surface area contributed by atoms with Crippen LogP contribution in [0.1, 0.15) is 31.8 Å². The van der Waals surface area contributed by atoms with Crippen LogP contribution in [0.25, 0.3) is 0 Å². The number of esters is 2. The molecule has 0 bridgehead atoms. The lowest BCUT2D eigenvalue weighted by molar-refractivity contribution is 0.0734. The number of rotatable bonds is 4. The monoisotopic (exact) mass is 346 g/mol. The van der Waals surface area contributed by atoms with Crippen LogP contribution in [0.3, 0.4) is 0 Å². The van der Waals surface area contributed by atoms with Crippen LogP contribution in [0.15, 0.2) is 72.8 Å². The largest absolute Gasteiger partial charge is 0.423 e. The molecule has 0 amide bonds. The first-order chi connectivity index (χ1) is 12.5. The Labute approximate surface area is 152 Å². The molecule has 3 aromatic rings. The van der Waals surface area contributed by atoms with Gasteiger partial charge in [-0.05, 0) is 67.4 Å². The SMILES string of the molecule is Cc1cccc(OC(=O)c2cccc(C(=O)Oc3cccc(C)c3)c2)c1. The van der Waals surface area contributed by atoms with Gasteiger partial charge in [-0.2, -0.15) is 0 Å². The number of carbonyl (C=O) groups is 2. The number of hydrogen-bond donors (Lipinski definition) is 0. The van der Waals surface area contributed by atoms with Crippen molar-refractivity contribution < 1.29 is 19.1 Å². The Balaban J connectivity index is 1.75. The average molecular weight is 346 g/mol. The molecule has 3 aromatic carbocycles. The van der Waals surface area contributed by atoms with Gasteiger partial charge in [-0.3, -0.25) is 0 Å². The Morgan fingerprint density at radius 1 is 0.615 bits per heavy atom. The van der Waals surface area contributed by atoms with Gasteiger partial charge in [0.1, 0.15) is 11.5 Å². The highest BCUT2D eigenvalue weighted by Gasteiger charge is 2.14.